The number of aryl methyl sites for hydroxylation is 8. The van der Waals surface area contributed by atoms with Crippen LogP contribution >= 0.6 is 0 Å². The minimum absolute atomic E-state index is 0.676. The second-order valence-corrected chi connectivity index (χ2v) is 24.5. The topological polar surface area (TPSA) is 35.6 Å². The molecule has 0 aliphatic heterocycles. The number of benzene rings is 12. The average molecular weight is 1130 g/mol. The zero-order chi connectivity index (χ0) is 59.9. The van der Waals surface area contributed by atoms with Crippen molar-refractivity contribution in [3.8, 4) is 101 Å². The number of nitrogens with zero attached hydrogens (tertiary/aromatic N) is 4. The summed E-state index contributed by atoms with van der Waals surface area (Å²) in [5, 5.41) is 4.79. The van der Waals surface area contributed by atoms with Crippen molar-refractivity contribution in [1.29, 1.82) is 0 Å². The van der Waals surface area contributed by atoms with Crippen LogP contribution in [0.2, 0.25) is 0 Å². The van der Waals surface area contributed by atoms with Gasteiger partial charge < -0.3 is 9.13 Å². The number of aromatic nitrogens is 4. The molecule has 0 aliphatic carbocycles. The minimum atomic E-state index is 0.676. The van der Waals surface area contributed by atoms with E-state index in [4.69, 9.17) is 9.97 Å². The highest BCUT2D eigenvalue weighted by molar-refractivity contribution is 6.14. The molecular formula is C84H66N4. The maximum absolute atomic E-state index is 5.45. The quantitative estimate of drug-likeness (QED) is 0.137. The van der Waals surface area contributed by atoms with Gasteiger partial charge in [-0.2, -0.15) is 0 Å². The van der Waals surface area contributed by atoms with Gasteiger partial charge in [-0.3, -0.25) is 0 Å². The van der Waals surface area contributed by atoms with Crippen LogP contribution in [0.15, 0.2) is 255 Å². The van der Waals surface area contributed by atoms with Crippen LogP contribution in [0, 0.1) is 55.4 Å². The summed E-state index contributed by atoms with van der Waals surface area (Å²) in [4.78, 5) is 10.7. The molecule has 88 heavy (non-hydrogen) atoms. The highest BCUT2D eigenvalue weighted by atomic mass is 15.0. The standard InChI is InChI=1S/C84H66N4/c1-51-33-52(2)38-66(37-51)61-23-28-80-72(45-61)73-46-62(67-39-53(3)34-54(4)40-67)24-29-81(73)87(80)78-22-16-15-21-70(78)71-49-65(77-50-76(59-17-11-9-12-18-59)85-84(86-77)60-19-13-10-14-20-60)27-32-79(71)88-82-30-25-63(68-41-55(5)35-56(6)42-68)47-74(82)75-48-64(26-31-83(75)88)69-43-57(7)36-58(8)44-69/h9-50H,1-8H3. The number of fused-ring (bicyclic) bond motifs is 6. The maximum atomic E-state index is 5.45. The molecule has 15 aromatic rings. The van der Waals surface area contributed by atoms with Gasteiger partial charge in [0.15, 0.2) is 5.82 Å². The molecule has 4 nitrogen and oxygen atoms in total. The lowest BCUT2D eigenvalue weighted by atomic mass is 9.96. The van der Waals surface area contributed by atoms with E-state index in [0.29, 0.717) is 5.82 Å². The molecule has 422 valence electrons. The van der Waals surface area contributed by atoms with Crippen molar-refractivity contribution in [2.75, 3.05) is 0 Å². The van der Waals surface area contributed by atoms with Crippen molar-refractivity contribution in [3.63, 3.8) is 0 Å². The Hall–Kier alpha value is -10.7. The molecule has 0 saturated carbocycles. The molecule has 0 saturated heterocycles. The Morgan fingerprint density at radius 1 is 0.216 bits per heavy atom. The van der Waals surface area contributed by atoms with Crippen molar-refractivity contribution in [2.24, 2.45) is 0 Å². The lowest BCUT2D eigenvalue weighted by Crippen LogP contribution is -2.02. The molecule has 0 fully saturated rings. The van der Waals surface area contributed by atoms with Crippen LogP contribution in [0.4, 0.5) is 0 Å². The van der Waals surface area contributed by atoms with Gasteiger partial charge in [0.1, 0.15) is 0 Å². The van der Waals surface area contributed by atoms with Gasteiger partial charge in [0.05, 0.1) is 44.8 Å². The van der Waals surface area contributed by atoms with Crippen LogP contribution in [0.1, 0.15) is 44.5 Å². The Balaban J connectivity index is 1.02. The molecule has 4 heteroatoms. The van der Waals surface area contributed by atoms with E-state index < -0.39 is 0 Å². The molecule has 0 radical (unpaired) electrons. The fraction of sp³-hybridized carbons (Fsp3) is 0.0952. The minimum Gasteiger partial charge on any atom is -0.309 e. The molecule has 0 spiro atoms. The Morgan fingerprint density at radius 3 is 0.920 bits per heavy atom. The zero-order valence-electron chi connectivity index (χ0n) is 51.0. The average Bonchev–Trinajstić information content (AvgIpc) is 1.62. The van der Waals surface area contributed by atoms with Crippen molar-refractivity contribution >= 4 is 43.6 Å². The highest BCUT2D eigenvalue weighted by Gasteiger charge is 2.24. The van der Waals surface area contributed by atoms with Crippen LogP contribution in [-0.4, -0.2) is 19.1 Å². The van der Waals surface area contributed by atoms with E-state index in [2.05, 4.69) is 313 Å². The molecule has 15 rings (SSSR count). The molecule has 0 bridgehead atoms. The third kappa shape index (κ3) is 9.87. The van der Waals surface area contributed by atoms with Gasteiger partial charge in [-0.15, -0.1) is 0 Å². The van der Waals surface area contributed by atoms with Gasteiger partial charge in [-0.05, 0) is 173 Å². The first-order valence-corrected chi connectivity index (χ1v) is 30.6. The Morgan fingerprint density at radius 2 is 0.534 bits per heavy atom. The highest BCUT2D eigenvalue weighted by Crippen LogP contribution is 2.45. The number of rotatable bonds is 10. The van der Waals surface area contributed by atoms with Crippen LogP contribution < -0.4 is 0 Å². The summed E-state index contributed by atoms with van der Waals surface area (Å²) < 4.78 is 5.02. The second-order valence-electron chi connectivity index (χ2n) is 24.5. The first-order chi connectivity index (χ1) is 42.8. The Bertz CT molecular complexity index is 4930. The largest absolute Gasteiger partial charge is 0.309 e. The smallest absolute Gasteiger partial charge is 0.160 e. The summed E-state index contributed by atoms with van der Waals surface area (Å²) in [6, 6.07) is 94.8. The predicted octanol–water partition coefficient (Wildman–Crippen LogP) is 22.5. The van der Waals surface area contributed by atoms with E-state index in [0.717, 1.165) is 72.6 Å². The van der Waals surface area contributed by atoms with E-state index in [1.807, 2.05) is 6.07 Å². The lowest BCUT2D eigenvalue weighted by molar-refractivity contribution is 1.16. The summed E-state index contributed by atoms with van der Waals surface area (Å²) in [5.41, 5.74) is 33.1. The maximum Gasteiger partial charge on any atom is 0.160 e. The third-order valence-electron chi connectivity index (χ3n) is 17.5. The fourth-order valence-electron chi connectivity index (χ4n) is 13.9. The summed E-state index contributed by atoms with van der Waals surface area (Å²) in [7, 11) is 0. The number of para-hydroxylation sites is 1. The predicted molar refractivity (Wildman–Crippen MR) is 372 cm³/mol. The summed E-state index contributed by atoms with van der Waals surface area (Å²) >= 11 is 0. The first kappa shape index (κ1) is 54.0. The number of hydrogen-bond donors (Lipinski definition) is 0. The van der Waals surface area contributed by atoms with Gasteiger partial charge in [-0.1, -0.05) is 226 Å². The normalized spacial score (nSPS) is 11.6. The van der Waals surface area contributed by atoms with Crippen LogP contribution in [0.3, 0.4) is 0 Å². The van der Waals surface area contributed by atoms with Gasteiger partial charge in [0.2, 0.25) is 0 Å². The monoisotopic (exact) mass is 1130 g/mol. The van der Waals surface area contributed by atoms with Gasteiger partial charge in [0, 0.05) is 49.4 Å². The first-order valence-electron chi connectivity index (χ1n) is 30.6. The van der Waals surface area contributed by atoms with E-state index in [-0.39, 0.29) is 0 Å². The van der Waals surface area contributed by atoms with E-state index in [1.54, 1.807) is 0 Å². The fourth-order valence-corrected chi connectivity index (χ4v) is 13.9. The van der Waals surface area contributed by atoms with Crippen LogP contribution in [0.5, 0.6) is 0 Å². The summed E-state index contributed by atoms with van der Waals surface area (Å²) in [6.07, 6.45) is 0. The summed E-state index contributed by atoms with van der Waals surface area (Å²) in [5.74, 6) is 0.676. The molecule has 0 amide bonds. The van der Waals surface area contributed by atoms with E-state index >= 15 is 0 Å². The molecule has 0 unspecified atom stereocenters. The van der Waals surface area contributed by atoms with Gasteiger partial charge in [-0.25, -0.2) is 9.97 Å². The molecule has 0 N–H and O–H groups in total. The Kier molecular flexibility index (Phi) is 13.3. The lowest BCUT2D eigenvalue weighted by Gasteiger charge is -2.20. The molecule has 0 atom stereocenters. The molecule has 12 aromatic carbocycles. The second kappa shape index (κ2) is 21.7. The molecule has 3 aromatic heterocycles. The zero-order valence-corrected chi connectivity index (χ0v) is 51.0. The summed E-state index contributed by atoms with van der Waals surface area (Å²) in [6.45, 7) is 17.5. The van der Waals surface area contributed by atoms with Crippen molar-refractivity contribution in [1.82, 2.24) is 19.1 Å². The van der Waals surface area contributed by atoms with Crippen LogP contribution in [-0.2, 0) is 0 Å². The van der Waals surface area contributed by atoms with Crippen molar-refractivity contribution < 1.29 is 0 Å². The molecule has 0 aliphatic rings. The molecule has 3 heterocycles. The number of hydrogen-bond acceptors (Lipinski definition) is 2. The Labute approximate surface area is 515 Å². The van der Waals surface area contributed by atoms with Gasteiger partial charge in [0.25, 0.3) is 0 Å². The SMILES string of the molecule is Cc1cc(C)cc(-c2ccc3c(c2)c2cc(-c4cc(C)cc(C)c4)ccc2n3-c2ccccc2-c2cc(-c3cc(-c4ccccc4)nc(-c4ccccc4)n3)ccc2-n2c3ccc(-c4cc(C)cc(C)c4)cc3c3cc(-c4cc(C)cc(C)c4)ccc32)c1. The van der Waals surface area contributed by atoms with Crippen LogP contribution in [0.25, 0.3) is 145 Å². The van der Waals surface area contributed by atoms with E-state index in [9.17, 15) is 0 Å². The van der Waals surface area contributed by atoms with Gasteiger partial charge >= 0.3 is 0 Å². The molecular weight excluding hydrogens is 1060 g/mol. The van der Waals surface area contributed by atoms with Crippen molar-refractivity contribution in [2.45, 2.75) is 55.4 Å². The third-order valence-corrected chi connectivity index (χ3v) is 17.5. The van der Waals surface area contributed by atoms with Crippen molar-refractivity contribution in [3.05, 3.63) is 299 Å². The van der Waals surface area contributed by atoms with E-state index in [1.165, 1.54) is 111 Å².